The number of rotatable bonds is 4. The van der Waals surface area contributed by atoms with E-state index in [0.717, 1.165) is 55.8 Å². The fourth-order valence-electron chi connectivity index (χ4n) is 3.90. The van der Waals surface area contributed by atoms with Crippen LogP contribution in [0.15, 0.2) is 21.2 Å². The van der Waals surface area contributed by atoms with Gasteiger partial charge in [-0.2, -0.15) is 0 Å². The minimum Gasteiger partial charge on any atom is -0.496 e. The van der Waals surface area contributed by atoms with Gasteiger partial charge in [0.1, 0.15) is 34.6 Å². The van der Waals surface area contributed by atoms with Gasteiger partial charge in [0.15, 0.2) is 5.82 Å². The van der Waals surface area contributed by atoms with Crippen molar-refractivity contribution in [1.29, 1.82) is 0 Å². The van der Waals surface area contributed by atoms with E-state index in [-0.39, 0.29) is 0 Å². The lowest BCUT2D eigenvalue weighted by atomic mass is 10.0. The Kier molecular flexibility index (Phi) is 4.21. The molecule has 0 amide bonds. The monoisotopic (exact) mass is 418 g/mol. The fraction of sp³-hybridized carbons (Fsp3) is 0.273. The van der Waals surface area contributed by atoms with Gasteiger partial charge in [0.25, 0.3) is 0 Å². The molecule has 0 aliphatic rings. The van der Waals surface area contributed by atoms with Crippen LogP contribution >= 0.6 is 0 Å². The first-order chi connectivity index (χ1) is 14.9. The van der Waals surface area contributed by atoms with Crippen LogP contribution in [0.3, 0.4) is 0 Å². The number of hydrogen-bond donors (Lipinski definition) is 2. The van der Waals surface area contributed by atoms with Gasteiger partial charge in [-0.3, -0.25) is 0 Å². The highest BCUT2D eigenvalue weighted by Crippen LogP contribution is 2.41. The van der Waals surface area contributed by atoms with Crippen LogP contribution in [0.25, 0.3) is 33.1 Å². The molecule has 0 unspecified atom stereocenters. The number of ether oxygens (including phenoxy) is 1. The largest absolute Gasteiger partial charge is 0.496 e. The lowest BCUT2D eigenvalue weighted by Gasteiger charge is -2.10. The standard InChI is InChI=1S/C22H22N6O3/c1-9-11(3)30-28-20(9)26-22-19-14-8-17(29-6)15(18-10(2)27-31-12(18)4)7-16(14)25-21(19)23-13(5)24-22/h7-8H,1-6H3,(H2,23,24,25,26,28). The predicted octanol–water partition coefficient (Wildman–Crippen LogP) is 5.05. The van der Waals surface area contributed by atoms with Gasteiger partial charge in [-0.25, -0.2) is 9.97 Å². The van der Waals surface area contributed by atoms with Crippen LogP contribution < -0.4 is 10.1 Å². The van der Waals surface area contributed by atoms with Crippen molar-refractivity contribution in [3.05, 3.63) is 40.7 Å². The second-order valence-electron chi connectivity index (χ2n) is 7.60. The zero-order valence-corrected chi connectivity index (χ0v) is 18.2. The Hall–Kier alpha value is -3.88. The number of aromatic nitrogens is 5. The van der Waals surface area contributed by atoms with Gasteiger partial charge in [-0.05, 0) is 46.8 Å². The Morgan fingerprint density at radius 2 is 1.71 bits per heavy atom. The number of nitrogens with one attached hydrogen (secondary N) is 2. The molecule has 0 atom stereocenters. The number of nitrogens with zero attached hydrogens (tertiary/aromatic N) is 4. The van der Waals surface area contributed by atoms with Crippen LogP contribution in [0.5, 0.6) is 5.75 Å². The second kappa shape index (κ2) is 6.83. The Balaban J connectivity index is 1.77. The van der Waals surface area contributed by atoms with Crippen LogP contribution in [0.4, 0.5) is 11.6 Å². The molecule has 0 spiro atoms. The molecule has 9 nitrogen and oxygen atoms in total. The van der Waals surface area contributed by atoms with Crippen molar-refractivity contribution in [2.24, 2.45) is 0 Å². The van der Waals surface area contributed by atoms with Crippen LogP contribution in [-0.4, -0.2) is 32.4 Å². The SMILES string of the molecule is COc1cc2c(cc1-c1c(C)noc1C)[nH]c1nc(C)nc(Nc3noc(C)c3C)c12. The van der Waals surface area contributed by atoms with Crippen molar-refractivity contribution >= 4 is 33.6 Å². The number of methoxy groups -OCH3 is 1. The number of fused-ring (bicyclic) bond motifs is 3. The molecule has 5 aromatic rings. The Morgan fingerprint density at radius 3 is 2.35 bits per heavy atom. The Bertz CT molecular complexity index is 1440. The van der Waals surface area contributed by atoms with Crippen LogP contribution in [0.1, 0.15) is 28.6 Å². The van der Waals surface area contributed by atoms with Crippen LogP contribution in [0.2, 0.25) is 0 Å². The third-order valence-corrected chi connectivity index (χ3v) is 5.58. The molecule has 0 aliphatic heterocycles. The number of benzene rings is 1. The highest BCUT2D eigenvalue weighted by molar-refractivity contribution is 6.13. The maximum Gasteiger partial charge on any atom is 0.178 e. The lowest BCUT2D eigenvalue weighted by molar-refractivity contribution is 0.393. The van der Waals surface area contributed by atoms with E-state index >= 15 is 0 Å². The minimum atomic E-state index is 0.630. The van der Waals surface area contributed by atoms with E-state index in [1.165, 1.54) is 0 Å². The summed E-state index contributed by atoms with van der Waals surface area (Å²) in [6.07, 6.45) is 0. The van der Waals surface area contributed by atoms with Crippen LogP contribution in [-0.2, 0) is 0 Å². The maximum absolute atomic E-state index is 5.74. The zero-order chi connectivity index (χ0) is 21.9. The third kappa shape index (κ3) is 2.92. The van der Waals surface area contributed by atoms with E-state index in [0.29, 0.717) is 23.2 Å². The van der Waals surface area contributed by atoms with Crippen molar-refractivity contribution < 1.29 is 13.8 Å². The van der Waals surface area contributed by atoms with E-state index in [1.54, 1.807) is 7.11 Å². The number of aryl methyl sites for hydroxylation is 4. The molecule has 0 saturated carbocycles. The normalized spacial score (nSPS) is 11.5. The van der Waals surface area contributed by atoms with Gasteiger partial charge in [-0.1, -0.05) is 10.3 Å². The van der Waals surface area contributed by atoms with Crippen LogP contribution in [0, 0.1) is 34.6 Å². The predicted molar refractivity (Wildman–Crippen MR) is 117 cm³/mol. The van der Waals surface area contributed by atoms with Gasteiger partial charge in [0.2, 0.25) is 0 Å². The van der Waals surface area contributed by atoms with E-state index in [4.69, 9.17) is 13.8 Å². The molecule has 0 fully saturated rings. The average molecular weight is 418 g/mol. The summed E-state index contributed by atoms with van der Waals surface area (Å²) >= 11 is 0. The molecule has 1 aromatic carbocycles. The number of anilines is 2. The number of hydrogen-bond acceptors (Lipinski definition) is 8. The first-order valence-electron chi connectivity index (χ1n) is 9.88. The van der Waals surface area contributed by atoms with E-state index in [2.05, 4.69) is 30.6 Å². The molecule has 0 radical (unpaired) electrons. The van der Waals surface area contributed by atoms with Gasteiger partial charge in [0.05, 0.1) is 23.8 Å². The Labute approximate surface area is 177 Å². The average Bonchev–Trinajstić information content (AvgIpc) is 3.36. The molecule has 31 heavy (non-hydrogen) atoms. The summed E-state index contributed by atoms with van der Waals surface area (Å²) in [6, 6.07) is 4.02. The highest BCUT2D eigenvalue weighted by atomic mass is 16.5. The third-order valence-electron chi connectivity index (χ3n) is 5.58. The van der Waals surface area contributed by atoms with Crippen molar-refractivity contribution in [3.63, 3.8) is 0 Å². The first kappa shape index (κ1) is 19.1. The summed E-state index contributed by atoms with van der Waals surface area (Å²) < 4.78 is 16.4. The molecule has 4 heterocycles. The molecule has 0 bridgehead atoms. The molecule has 5 rings (SSSR count). The maximum atomic E-state index is 5.74. The Morgan fingerprint density at radius 1 is 0.935 bits per heavy atom. The minimum absolute atomic E-state index is 0.630. The van der Waals surface area contributed by atoms with Gasteiger partial charge in [-0.15, -0.1) is 0 Å². The zero-order valence-electron chi connectivity index (χ0n) is 18.2. The van der Waals surface area contributed by atoms with Gasteiger partial charge < -0.3 is 24.1 Å². The summed E-state index contributed by atoms with van der Waals surface area (Å²) in [4.78, 5) is 12.7. The molecule has 0 saturated heterocycles. The quantitative estimate of drug-likeness (QED) is 0.417. The molecule has 4 aromatic heterocycles. The molecule has 158 valence electrons. The molecular formula is C22H22N6O3. The smallest absolute Gasteiger partial charge is 0.178 e. The summed E-state index contributed by atoms with van der Waals surface area (Å²) in [5.74, 6) is 4.12. The molecule has 2 N–H and O–H groups in total. The van der Waals surface area contributed by atoms with E-state index in [9.17, 15) is 0 Å². The van der Waals surface area contributed by atoms with Gasteiger partial charge in [0, 0.05) is 22.0 Å². The highest BCUT2D eigenvalue weighted by Gasteiger charge is 2.21. The second-order valence-corrected chi connectivity index (χ2v) is 7.60. The summed E-state index contributed by atoms with van der Waals surface area (Å²) in [5.41, 5.74) is 5.19. The lowest BCUT2D eigenvalue weighted by Crippen LogP contribution is -1.99. The number of H-pyrrole nitrogens is 1. The van der Waals surface area contributed by atoms with Gasteiger partial charge >= 0.3 is 0 Å². The topological polar surface area (TPSA) is 115 Å². The van der Waals surface area contributed by atoms with Crippen molar-refractivity contribution in [1.82, 2.24) is 25.3 Å². The molecule has 0 aliphatic carbocycles. The van der Waals surface area contributed by atoms with Crippen molar-refractivity contribution in [3.8, 4) is 16.9 Å². The molecule has 9 heteroatoms. The van der Waals surface area contributed by atoms with E-state index < -0.39 is 0 Å². The number of aromatic amines is 1. The molecular weight excluding hydrogens is 396 g/mol. The summed E-state index contributed by atoms with van der Waals surface area (Å²) in [5, 5.41) is 13.3. The van der Waals surface area contributed by atoms with E-state index in [1.807, 2.05) is 46.8 Å². The van der Waals surface area contributed by atoms with Crippen molar-refractivity contribution in [2.45, 2.75) is 34.6 Å². The summed E-state index contributed by atoms with van der Waals surface area (Å²) in [6.45, 7) is 9.49. The summed E-state index contributed by atoms with van der Waals surface area (Å²) in [7, 11) is 1.65. The first-order valence-corrected chi connectivity index (χ1v) is 9.88. The van der Waals surface area contributed by atoms with Crippen molar-refractivity contribution in [2.75, 3.05) is 12.4 Å². The fourth-order valence-corrected chi connectivity index (χ4v) is 3.90.